The van der Waals surface area contributed by atoms with Crippen LogP contribution in [0, 0.1) is 12.8 Å². The Morgan fingerprint density at radius 2 is 2.07 bits per heavy atom. The monoisotopic (exact) mass is 405 g/mol. The Morgan fingerprint density at radius 3 is 2.79 bits per heavy atom. The van der Waals surface area contributed by atoms with Gasteiger partial charge in [0.25, 0.3) is 0 Å². The fourth-order valence-corrected chi connectivity index (χ4v) is 3.79. The summed E-state index contributed by atoms with van der Waals surface area (Å²) in [6, 6.07) is 11.7. The molecular weight excluding hydrogens is 386 g/mol. The van der Waals surface area contributed by atoms with Gasteiger partial charge in [-0.25, -0.2) is 9.97 Å². The first-order chi connectivity index (χ1) is 14.1. The summed E-state index contributed by atoms with van der Waals surface area (Å²) in [6.45, 7) is 1.95. The highest BCUT2D eigenvalue weighted by Crippen LogP contribution is 2.32. The number of carbonyl (C=O) groups excluding carboxylic acids is 1. The van der Waals surface area contributed by atoms with E-state index in [1.165, 1.54) is 0 Å². The second kappa shape index (κ2) is 7.25. The van der Waals surface area contributed by atoms with E-state index in [1.54, 1.807) is 24.3 Å². The van der Waals surface area contributed by atoms with Crippen LogP contribution in [0.3, 0.4) is 0 Å². The average Bonchev–Trinajstić information content (AvgIpc) is 3.32. The van der Waals surface area contributed by atoms with E-state index in [-0.39, 0.29) is 11.8 Å². The van der Waals surface area contributed by atoms with E-state index in [1.807, 2.05) is 47.7 Å². The topological polar surface area (TPSA) is 100 Å². The lowest BCUT2D eigenvalue weighted by Gasteiger charge is -2.09. The Kier molecular flexibility index (Phi) is 4.44. The minimum absolute atomic E-state index is 0.113. The van der Waals surface area contributed by atoms with Crippen molar-refractivity contribution in [3.8, 4) is 0 Å². The van der Waals surface area contributed by atoms with Crippen molar-refractivity contribution < 1.29 is 4.79 Å². The molecule has 29 heavy (non-hydrogen) atoms. The quantitative estimate of drug-likeness (QED) is 0.419. The van der Waals surface area contributed by atoms with Crippen LogP contribution in [0.4, 0.5) is 17.5 Å². The number of rotatable bonds is 6. The molecule has 0 saturated heterocycles. The lowest BCUT2D eigenvalue weighted by molar-refractivity contribution is -0.117. The molecule has 5 rings (SSSR count). The van der Waals surface area contributed by atoms with Gasteiger partial charge in [0.05, 0.1) is 11.7 Å². The summed E-state index contributed by atoms with van der Waals surface area (Å²) in [4.78, 5) is 21.9. The van der Waals surface area contributed by atoms with E-state index in [0.29, 0.717) is 11.8 Å². The average molecular weight is 405 g/mol. The Morgan fingerprint density at radius 1 is 1.24 bits per heavy atom. The van der Waals surface area contributed by atoms with Gasteiger partial charge in [0.1, 0.15) is 11.4 Å². The molecule has 1 amide bonds. The molecule has 1 aliphatic rings. The van der Waals surface area contributed by atoms with Crippen LogP contribution in [0.15, 0.2) is 58.8 Å². The highest BCUT2D eigenvalue weighted by molar-refractivity contribution is 7.99. The number of aryl methyl sites for hydroxylation is 1. The van der Waals surface area contributed by atoms with Gasteiger partial charge >= 0.3 is 0 Å². The minimum Gasteiger partial charge on any atom is -0.326 e. The predicted octanol–water partition coefficient (Wildman–Crippen LogP) is 4.00. The standard InChI is InChI=1S/C20H19N7OS/c1-12-8-17(26-25-12)23-20-24-18(9-15-10-21-11-27(15)20)29-16-6-4-14(5-7-16)22-19(28)13-2-3-13/h4-11,13H,2-3H2,1H3,(H,22,28)(H2,23,24,25,26). The van der Waals surface area contributed by atoms with Crippen molar-refractivity contribution >= 4 is 40.6 Å². The van der Waals surface area contributed by atoms with Gasteiger partial charge in [0.15, 0.2) is 5.82 Å². The highest BCUT2D eigenvalue weighted by Gasteiger charge is 2.29. The number of anilines is 3. The number of benzene rings is 1. The number of hydrogen-bond donors (Lipinski definition) is 3. The fraction of sp³-hybridized carbons (Fsp3) is 0.200. The third-order valence-corrected chi connectivity index (χ3v) is 5.55. The molecule has 0 unspecified atom stereocenters. The van der Waals surface area contributed by atoms with Crippen molar-refractivity contribution in [2.75, 3.05) is 10.6 Å². The molecule has 146 valence electrons. The van der Waals surface area contributed by atoms with Gasteiger partial charge in [0, 0.05) is 28.3 Å². The van der Waals surface area contributed by atoms with Crippen LogP contribution in [0.5, 0.6) is 0 Å². The lowest BCUT2D eigenvalue weighted by atomic mass is 10.3. The van der Waals surface area contributed by atoms with Crippen LogP contribution in [-0.4, -0.2) is 30.5 Å². The van der Waals surface area contributed by atoms with Crippen LogP contribution in [-0.2, 0) is 4.79 Å². The molecule has 8 nitrogen and oxygen atoms in total. The van der Waals surface area contributed by atoms with Crippen molar-refractivity contribution in [3.05, 3.63) is 54.6 Å². The summed E-state index contributed by atoms with van der Waals surface area (Å²) in [5.74, 6) is 1.65. The molecule has 0 bridgehead atoms. The number of carbonyl (C=O) groups is 1. The summed E-state index contributed by atoms with van der Waals surface area (Å²) >= 11 is 1.55. The van der Waals surface area contributed by atoms with Gasteiger partial charge in [-0.15, -0.1) is 0 Å². The molecule has 0 radical (unpaired) electrons. The SMILES string of the molecule is Cc1cc(Nc2nc(Sc3ccc(NC(=O)C4CC4)cc3)cc3cncn23)n[nH]1. The first-order valence-corrected chi connectivity index (χ1v) is 10.2. The number of imidazole rings is 1. The van der Waals surface area contributed by atoms with Gasteiger partial charge in [-0.3, -0.25) is 14.3 Å². The summed E-state index contributed by atoms with van der Waals surface area (Å²) in [5, 5.41) is 14.2. The minimum atomic E-state index is 0.113. The van der Waals surface area contributed by atoms with E-state index in [0.717, 1.165) is 39.7 Å². The van der Waals surface area contributed by atoms with Crippen LogP contribution in [0.1, 0.15) is 18.5 Å². The number of nitrogens with zero attached hydrogens (tertiary/aromatic N) is 4. The number of fused-ring (bicyclic) bond motifs is 1. The van der Waals surface area contributed by atoms with Crippen LogP contribution >= 0.6 is 11.8 Å². The molecule has 1 saturated carbocycles. The van der Waals surface area contributed by atoms with Crippen LogP contribution < -0.4 is 10.6 Å². The van der Waals surface area contributed by atoms with Crippen molar-refractivity contribution in [1.82, 2.24) is 24.6 Å². The largest absolute Gasteiger partial charge is 0.326 e. The molecule has 4 aromatic rings. The van der Waals surface area contributed by atoms with E-state index >= 15 is 0 Å². The summed E-state index contributed by atoms with van der Waals surface area (Å²) in [7, 11) is 0. The van der Waals surface area contributed by atoms with Gasteiger partial charge < -0.3 is 10.6 Å². The molecule has 1 aliphatic carbocycles. The molecule has 9 heteroatoms. The van der Waals surface area contributed by atoms with Crippen molar-refractivity contribution in [1.29, 1.82) is 0 Å². The molecule has 3 N–H and O–H groups in total. The summed E-state index contributed by atoms with van der Waals surface area (Å²) < 4.78 is 1.88. The zero-order valence-corrected chi connectivity index (χ0v) is 16.5. The molecule has 3 heterocycles. The Balaban J connectivity index is 1.36. The molecule has 3 aromatic heterocycles. The van der Waals surface area contributed by atoms with Gasteiger partial charge in [-0.2, -0.15) is 5.10 Å². The van der Waals surface area contributed by atoms with Gasteiger partial charge in [-0.05, 0) is 50.1 Å². The van der Waals surface area contributed by atoms with Crippen LogP contribution in [0.2, 0.25) is 0 Å². The number of aromatic amines is 1. The molecule has 0 aliphatic heterocycles. The number of H-pyrrole nitrogens is 1. The Bertz CT molecular complexity index is 1180. The van der Waals surface area contributed by atoms with E-state index in [4.69, 9.17) is 4.98 Å². The number of nitrogens with one attached hydrogen (secondary N) is 3. The molecular formula is C20H19N7OS. The summed E-state index contributed by atoms with van der Waals surface area (Å²) in [5.41, 5.74) is 2.72. The van der Waals surface area contributed by atoms with Crippen molar-refractivity contribution in [2.45, 2.75) is 29.7 Å². The molecule has 1 fully saturated rings. The fourth-order valence-electron chi connectivity index (χ4n) is 2.96. The second-order valence-electron chi connectivity index (χ2n) is 7.06. The van der Waals surface area contributed by atoms with E-state index in [9.17, 15) is 4.79 Å². The highest BCUT2D eigenvalue weighted by atomic mass is 32.2. The predicted molar refractivity (Wildman–Crippen MR) is 112 cm³/mol. The van der Waals surface area contributed by atoms with E-state index < -0.39 is 0 Å². The lowest BCUT2D eigenvalue weighted by Crippen LogP contribution is -2.12. The number of aromatic nitrogens is 5. The molecule has 0 atom stereocenters. The van der Waals surface area contributed by atoms with Crippen molar-refractivity contribution in [2.24, 2.45) is 5.92 Å². The number of amides is 1. The second-order valence-corrected chi connectivity index (χ2v) is 8.15. The van der Waals surface area contributed by atoms with Gasteiger partial charge in [-0.1, -0.05) is 11.8 Å². The van der Waals surface area contributed by atoms with Crippen molar-refractivity contribution in [3.63, 3.8) is 0 Å². The van der Waals surface area contributed by atoms with E-state index in [2.05, 4.69) is 25.8 Å². The summed E-state index contributed by atoms with van der Waals surface area (Å²) in [6.07, 6.45) is 5.51. The number of hydrogen-bond acceptors (Lipinski definition) is 6. The smallest absolute Gasteiger partial charge is 0.227 e. The van der Waals surface area contributed by atoms with Crippen LogP contribution in [0.25, 0.3) is 5.52 Å². The maximum Gasteiger partial charge on any atom is 0.227 e. The first-order valence-electron chi connectivity index (χ1n) is 9.35. The Hall–Kier alpha value is -3.33. The van der Waals surface area contributed by atoms with Gasteiger partial charge in [0.2, 0.25) is 11.9 Å². The maximum absolute atomic E-state index is 11.9. The Labute approximate surface area is 171 Å². The zero-order valence-electron chi connectivity index (χ0n) is 15.7. The first kappa shape index (κ1) is 17.7. The zero-order chi connectivity index (χ0) is 19.8. The molecule has 1 aromatic carbocycles. The third kappa shape index (κ3) is 3.95. The third-order valence-electron chi connectivity index (χ3n) is 4.62. The molecule has 0 spiro atoms. The normalized spacial score (nSPS) is 13.6. The maximum atomic E-state index is 11.9.